The number of urea groups is 1. The molecule has 10 heteroatoms. The third kappa shape index (κ3) is 7.21. The lowest BCUT2D eigenvalue weighted by molar-refractivity contribution is -0.120. The molecule has 0 aliphatic heterocycles. The maximum absolute atomic E-state index is 13.3. The van der Waals surface area contributed by atoms with Gasteiger partial charge in [-0.25, -0.2) is 9.52 Å². The average molecular weight is 497 g/mol. The predicted molar refractivity (Wildman–Crippen MR) is 136 cm³/mol. The highest BCUT2D eigenvalue weighted by atomic mass is 32.2. The van der Waals surface area contributed by atoms with Crippen LogP contribution in [0.4, 0.5) is 16.2 Å². The SMILES string of the molecule is COc1ccc(N(C)C(=O)[C@H](Cc2ccccc2)NC(=O)NS(=O)(=O)Nc2ccccc2C)cc1. The molecule has 0 spiro atoms. The molecule has 0 fully saturated rings. The summed E-state index contributed by atoms with van der Waals surface area (Å²) in [6, 6.07) is 20.7. The van der Waals surface area contributed by atoms with Gasteiger partial charge in [-0.2, -0.15) is 8.42 Å². The highest BCUT2D eigenvalue weighted by Crippen LogP contribution is 2.19. The summed E-state index contributed by atoms with van der Waals surface area (Å²) < 4.78 is 34.4. The van der Waals surface area contributed by atoms with E-state index in [1.807, 2.05) is 35.1 Å². The minimum Gasteiger partial charge on any atom is -0.497 e. The maximum Gasteiger partial charge on any atom is 0.330 e. The zero-order valence-corrected chi connectivity index (χ0v) is 20.5. The number of carbonyl (C=O) groups is 2. The summed E-state index contributed by atoms with van der Waals surface area (Å²) in [7, 11) is -1.10. The fourth-order valence-electron chi connectivity index (χ4n) is 3.38. The van der Waals surface area contributed by atoms with Gasteiger partial charge < -0.3 is 15.0 Å². The minimum absolute atomic E-state index is 0.166. The molecule has 0 aliphatic carbocycles. The van der Waals surface area contributed by atoms with E-state index in [1.165, 1.54) is 4.90 Å². The van der Waals surface area contributed by atoms with Gasteiger partial charge in [0.25, 0.3) is 0 Å². The monoisotopic (exact) mass is 496 g/mol. The predicted octanol–water partition coefficient (Wildman–Crippen LogP) is 3.23. The van der Waals surface area contributed by atoms with Crippen molar-refractivity contribution in [2.45, 2.75) is 19.4 Å². The number of benzene rings is 3. The molecule has 3 amide bonds. The zero-order valence-electron chi connectivity index (χ0n) is 19.7. The first-order valence-corrected chi connectivity index (χ1v) is 12.3. The second-order valence-electron chi connectivity index (χ2n) is 7.83. The highest BCUT2D eigenvalue weighted by Gasteiger charge is 2.27. The molecular formula is C25H28N4O5S. The van der Waals surface area contributed by atoms with Crippen molar-refractivity contribution in [2.24, 2.45) is 0 Å². The standard InChI is InChI=1S/C25H28N4O5S/c1-18-9-7-8-12-22(18)27-35(32,33)28-25(31)26-23(17-19-10-5-4-6-11-19)24(30)29(2)20-13-15-21(34-3)16-14-20/h4-16,23,27H,17H2,1-3H3,(H2,26,28,31)/t23-/m0/s1. The van der Waals surface area contributed by atoms with E-state index in [1.54, 1.807) is 69.6 Å². The van der Waals surface area contributed by atoms with Crippen LogP contribution >= 0.6 is 0 Å². The molecule has 0 saturated heterocycles. The third-order valence-electron chi connectivity index (χ3n) is 5.29. The molecular weight excluding hydrogens is 468 g/mol. The van der Waals surface area contributed by atoms with Crippen molar-refractivity contribution < 1.29 is 22.7 Å². The van der Waals surface area contributed by atoms with Crippen molar-refractivity contribution in [1.29, 1.82) is 0 Å². The van der Waals surface area contributed by atoms with Gasteiger partial charge in [-0.3, -0.25) is 9.52 Å². The second kappa shape index (κ2) is 11.4. The largest absolute Gasteiger partial charge is 0.497 e. The summed E-state index contributed by atoms with van der Waals surface area (Å²) in [5.41, 5.74) is 2.42. The number of ether oxygens (including phenoxy) is 1. The first-order valence-electron chi connectivity index (χ1n) is 10.8. The van der Waals surface area contributed by atoms with Gasteiger partial charge in [0, 0.05) is 19.2 Å². The van der Waals surface area contributed by atoms with E-state index in [9.17, 15) is 18.0 Å². The number of carbonyl (C=O) groups excluding carboxylic acids is 2. The van der Waals surface area contributed by atoms with Crippen LogP contribution < -0.4 is 24.4 Å². The van der Waals surface area contributed by atoms with Gasteiger partial charge in [-0.15, -0.1) is 0 Å². The van der Waals surface area contributed by atoms with Crippen molar-refractivity contribution in [3.05, 3.63) is 90.0 Å². The fraction of sp³-hybridized carbons (Fsp3) is 0.200. The molecule has 9 nitrogen and oxygen atoms in total. The summed E-state index contributed by atoms with van der Waals surface area (Å²) in [5, 5.41) is 2.51. The Morgan fingerprint density at radius 3 is 2.20 bits per heavy atom. The molecule has 0 aliphatic rings. The van der Waals surface area contributed by atoms with Crippen LogP contribution in [0.1, 0.15) is 11.1 Å². The van der Waals surface area contributed by atoms with Gasteiger partial charge in [0.05, 0.1) is 12.8 Å². The van der Waals surface area contributed by atoms with Crippen LogP contribution in [0.25, 0.3) is 0 Å². The highest BCUT2D eigenvalue weighted by molar-refractivity contribution is 7.91. The van der Waals surface area contributed by atoms with E-state index in [4.69, 9.17) is 4.74 Å². The van der Waals surface area contributed by atoms with E-state index in [2.05, 4.69) is 10.0 Å². The molecule has 1 atom stereocenters. The van der Waals surface area contributed by atoms with Crippen LogP contribution in [0.2, 0.25) is 0 Å². The molecule has 0 unspecified atom stereocenters. The molecule has 35 heavy (non-hydrogen) atoms. The van der Waals surface area contributed by atoms with Gasteiger partial charge in [0.1, 0.15) is 11.8 Å². The lowest BCUT2D eigenvalue weighted by Crippen LogP contribution is -2.53. The first-order chi connectivity index (χ1) is 16.7. The summed E-state index contributed by atoms with van der Waals surface area (Å²) in [4.78, 5) is 27.4. The zero-order chi connectivity index (χ0) is 25.4. The van der Waals surface area contributed by atoms with E-state index < -0.39 is 28.2 Å². The van der Waals surface area contributed by atoms with E-state index in [0.717, 1.165) is 5.56 Å². The van der Waals surface area contributed by atoms with Crippen molar-refractivity contribution >= 4 is 33.5 Å². The number of methoxy groups -OCH3 is 1. The Labute approximate surface area is 205 Å². The first kappa shape index (κ1) is 25.6. The lowest BCUT2D eigenvalue weighted by Gasteiger charge is -2.25. The van der Waals surface area contributed by atoms with E-state index in [-0.39, 0.29) is 6.42 Å². The quantitative estimate of drug-likeness (QED) is 0.421. The number of amides is 3. The normalized spacial score (nSPS) is 11.7. The van der Waals surface area contributed by atoms with Crippen LogP contribution in [0.5, 0.6) is 5.75 Å². The molecule has 3 rings (SSSR count). The van der Waals surface area contributed by atoms with Crippen molar-refractivity contribution in [3.8, 4) is 5.75 Å². The molecule has 0 bridgehead atoms. The number of nitrogens with zero attached hydrogens (tertiary/aromatic N) is 1. The van der Waals surface area contributed by atoms with E-state index in [0.29, 0.717) is 22.7 Å². The molecule has 0 saturated carbocycles. The van der Waals surface area contributed by atoms with Crippen molar-refractivity contribution in [1.82, 2.24) is 10.0 Å². The Balaban J connectivity index is 1.76. The molecule has 3 N–H and O–H groups in total. The van der Waals surface area contributed by atoms with Crippen LogP contribution in [-0.4, -0.2) is 40.6 Å². The number of hydrogen-bond acceptors (Lipinski definition) is 5. The fourth-order valence-corrected chi connectivity index (χ4v) is 4.26. The van der Waals surface area contributed by atoms with Gasteiger partial charge in [-0.05, 0) is 48.4 Å². The number of rotatable bonds is 9. The minimum atomic E-state index is -4.23. The summed E-state index contributed by atoms with van der Waals surface area (Å²) in [5.74, 6) is 0.220. The molecule has 0 heterocycles. The number of nitrogens with one attached hydrogen (secondary N) is 3. The summed E-state index contributed by atoms with van der Waals surface area (Å²) >= 11 is 0. The Hall–Kier alpha value is -4.05. The Morgan fingerprint density at radius 2 is 1.57 bits per heavy atom. The Morgan fingerprint density at radius 1 is 0.943 bits per heavy atom. The summed E-state index contributed by atoms with van der Waals surface area (Å²) in [6.07, 6.45) is 0.166. The van der Waals surface area contributed by atoms with Crippen LogP contribution in [0.15, 0.2) is 78.9 Å². The Kier molecular flexibility index (Phi) is 8.32. The van der Waals surface area contributed by atoms with Crippen LogP contribution in [-0.2, 0) is 21.4 Å². The molecule has 184 valence electrons. The van der Waals surface area contributed by atoms with Gasteiger partial charge in [-0.1, -0.05) is 48.5 Å². The Bertz CT molecular complexity index is 1260. The smallest absolute Gasteiger partial charge is 0.330 e. The maximum atomic E-state index is 13.3. The molecule has 0 aromatic heterocycles. The van der Waals surface area contributed by atoms with Crippen LogP contribution in [0.3, 0.4) is 0 Å². The number of likely N-dealkylation sites (N-methyl/N-ethyl adjacent to an activating group) is 1. The van der Waals surface area contributed by atoms with Crippen molar-refractivity contribution in [2.75, 3.05) is 23.8 Å². The second-order valence-corrected chi connectivity index (χ2v) is 9.25. The summed E-state index contributed by atoms with van der Waals surface area (Å²) in [6.45, 7) is 1.74. The van der Waals surface area contributed by atoms with Crippen LogP contribution in [0, 0.1) is 6.92 Å². The van der Waals surface area contributed by atoms with E-state index >= 15 is 0 Å². The number of anilines is 2. The van der Waals surface area contributed by atoms with Crippen molar-refractivity contribution in [3.63, 3.8) is 0 Å². The molecule has 0 radical (unpaired) electrons. The van der Waals surface area contributed by atoms with Gasteiger partial charge >= 0.3 is 16.2 Å². The average Bonchev–Trinajstić information content (AvgIpc) is 2.84. The molecule has 3 aromatic carbocycles. The number of para-hydroxylation sites is 1. The van der Waals surface area contributed by atoms with Gasteiger partial charge in [0.2, 0.25) is 5.91 Å². The van der Waals surface area contributed by atoms with Gasteiger partial charge in [0.15, 0.2) is 0 Å². The number of aryl methyl sites for hydroxylation is 1. The third-order valence-corrected chi connectivity index (χ3v) is 6.24. The molecule has 3 aromatic rings. The lowest BCUT2D eigenvalue weighted by atomic mass is 10.0. The number of hydrogen-bond donors (Lipinski definition) is 3. The topological polar surface area (TPSA) is 117 Å².